The van der Waals surface area contributed by atoms with Gasteiger partial charge in [-0.3, -0.25) is 14.6 Å². The van der Waals surface area contributed by atoms with Crippen LogP contribution in [0, 0.1) is 5.92 Å². The summed E-state index contributed by atoms with van der Waals surface area (Å²) in [4.78, 5) is 29.4. The number of aromatic nitrogens is 1. The quantitative estimate of drug-likeness (QED) is 0.630. The molecule has 2 heterocycles. The van der Waals surface area contributed by atoms with E-state index in [4.69, 9.17) is 27.9 Å². The summed E-state index contributed by atoms with van der Waals surface area (Å²) in [6, 6.07) is 2.44. The predicted octanol–water partition coefficient (Wildman–Crippen LogP) is 5.13. The number of amides is 2. The molecule has 2 amide bonds. The van der Waals surface area contributed by atoms with Gasteiger partial charge in [-0.2, -0.15) is 8.78 Å². The zero-order valence-corrected chi connectivity index (χ0v) is 17.5. The summed E-state index contributed by atoms with van der Waals surface area (Å²) < 4.78 is 36.2. The topological polar surface area (TPSA) is 89.5 Å². The number of hydrogen-bond donors (Lipinski definition) is 2. The summed E-state index contributed by atoms with van der Waals surface area (Å²) in [6.07, 6.45) is 5.25. The van der Waals surface area contributed by atoms with Gasteiger partial charge in [-0.05, 0) is 25.0 Å². The van der Waals surface area contributed by atoms with Crippen LogP contribution in [0.3, 0.4) is 0 Å². The van der Waals surface area contributed by atoms with Gasteiger partial charge in [0.05, 0.1) is 21.3 Å². The van der Waals surface area contributed by atoms with Crippen LogP contribution in [0.4, 0.5) is 20.2 Å². The van der Waals surface area contributed by atoms with Crippen molar-refractivity contribution in [3.63, 3.8) is 0 Å². The Morgan fingerprint density at radius 2 is 1.90 bits per heavy atom. The van der Waals surface area contributed by atoms with Crippen LogP contribution in [0.1, 0.15) is 36.0 Å². The van der Waals surface area contributed by atoms with Gasteiger partial charge in [0.15, 0.2) is 17.6 Å². The number of halogens is 4. The summed E-state index contributed by atoms with van der Waals surface area (Å²) in [5.74, 6) is -1.55. The molecule has 1 aromatic carbocycles. The zero-order valence-electron chi connectivity index (χ0n) is 16.0. The molecule has 1 atom stereocenters. The molecule has 1 aliphatic carbocycles. The summed E-state index contributed by atoms with van der Waals surface area (Å²) in [5, 5.41) is 5.40. The maximum atomic E-state index is 12.9. The average molecular weight is 472 g/mol. The number of carbonyl (C=O) groups is 2. The van der Waals surface area contributed by atoms with Crippen molar-refractivity contribution in [1.29, 1.82) is 0 Å². The SMILES string of the molecule is O=C(Nc1c(Cl)cncc1Cl)c1ccc(OC(F)F)c2c1NC(=O)[C@@H](C1CCCC1)O2. The molecule has 0 radical (unpaired) electrons. The molecular weight excluding hydrogens is 455 g/mol. The monoisotopic (exact) mass is 471 g/mol. The number of fused-ring (bicyclic) bond motifs is 1. The fourth-order valence-corrected chi connectivity index (χ4v) is 4.30. The maximum absolute atomic E-state index is 12.9. The maximum Gasteiger partial charge on any atom is 0.387 e. The van der Waals surface area contributed by atoms with Gasteiger partial charge in [0, 0.05) is 18.3 Å². The lowest BCUT2D eigenvalue weighted by molar-refractivity contribution is -0.126. The normalized spacial score (nSPS) is 18.4. The molecular formula is C20H17Cl2F2N3O4. The van der Waals surface area contributed by atoms with Gasteiger partial charge in [0.2, 0.25) is 0 Å². The highest BCUT2D eigenvalue weighted by molar-refractivity contribution is 6.39. The molecule has 7 nitrogen and oxygen atoms in total. The zero-order chi connectivity index (χ0) is 22.1. The number of anilines is 2. The second-order valence-corrected chi connectivity index (χ2v) is 8.01. The van der Waals surface area contributed by atoms with Crippen molar-refractivity contribution < 1.29 is 27.8 Å². The first-order valence-corrected chi connectivity index (χ1v) is 10.3. The van der Waals surface area contributed by atoms with Gasteiger partial charge in [-0.25, -0.2) is 0 Å². The summed E-state index contributed by atoms with van der Waals surface area (Å²) in [6.45, 7) is -3.11. The molecule has 0 bridgehead atoms. The lowest BCUT2D eigenvalue weighted by Crippen LogP contribution is -2.42. The number of pyridine rings is 1. The molecule has 1 saturated carbocycles. The van der Waals surface area contributed by atoms with E-state index in [0.717, 1.165) is 25.7 Å². The van der Waals surface area contributed by atoms with E-state index in [9.17, 15) is 18.4 Å². The van der Waals surface area contributed by atoms with Crippen molar-refractivity contribution in [2.75, 3.05) is 10.6 Å². The van der Waals surface area contributed by atoms with Gasteiger partial charge in [0.25, 0.3) is 11.8 Å². The highest BCUT2D eigenvalue weighted by Crippen LogP contribution is 2.45. The Kier molecular flexibility index (Phi) is 6.15. The van der Waals surface area contributed by atoms with E-state index in [1.54, 1.807) is 0 Å². The number of nitrogens with one attached hydrogen (secondary N) is 2. The van der Waals surface area contributed by atoms with Crippen molar-refractivity contribution in [2.24, 2.45) is 5.92 Å². The van der Waals surface area contributed by atoms with Crippen LogP contribution < -0.4 is 20.1 Å². The second-order valence-electron chi connectivity index (χ2n) is 7.20. The largest absolute Gasteiger partial charge is 0.474 e. The molecule has 2 N–H and O–H groups in total. The third kappa shape index (κ3) is 4.38. The van der Waals surface area contributed by atoms with Gasteiger partial charge in [-0.15, -0.1) is 0 Å². The number of nitrogens with zero attached hydrogens (tertiary/aromatic N) is 1. The first-order chi connectivity index (χ1) is 14.8. The lowest BCUT2D eigenvalue weighted by atomic mass is 9.97. The van der Waals surface area contributed by atoms with E-state index in [1.807, 2.05) is 0 Å². The minimum absolute atomic E-state index is 0.0289. The molecule has 1 aromatic heterocycles. The molecule has 0 unspecified atom stereocenters. The van der Waals surface area contributed by atoms with E-state index in [2.05, 4.69) is 20.4 Å². The molecule has 4 rings (SSSR count). The summed E-state index contributed by atoms with van der Waals surface area (Å²) in [7, 11) is 0. The summed E-state index contributed by atoms with van der Waals surface area (Å²) >= 11 is 12.1. The minimum atomic E-state index is -3.11. The molecule has 2 aliphatic rings. The molecule has 2 aromatic rings. The van der Waals surface area contributed by atoms with Crippen molar-refractivity contribution >= 4 is 46.4 Å². The van der Waals surface area contributed by atoms with Crippen molar-refractivity contribution in [1.82, 2.24) is 4.98 Å². The minimum Gasteiger partial charge on any atom is -0.474 e. The standard InChI is InChI=1S/C20H17Cl2F2N3O4/c21-11-7-25-8-12(22)15(11)27-18(28)10-5-6-13(30-20(23)24)17-14(10)26-19(29)16(31-17)9-3-1-2-4-9/h5-9,16,20H,1-4H2,(H,26,29)(H,25,27,28)/t16-/m1/s1. The molecule has 1 fully saturated rings. The number of rotatable bonds is 5. The van der Waals surface area contributed by atoms with Crippen LogP contribution in [0.2, 0.25) is 10.0 Å². The number of hydrogen-bond acceptors (Lipinski definition) is 5. The predicted molar refractivity (Wildman–Crippen MR) is 110 cm³/mol. The Bertz CT molecular complexity index is 1010. The van der Waals surface area contributed by atoms with Crippen LogP contribution in [0.5, 0.6) is 11.5 Å². The van der Waals surface area contributed by atoms with E-state index in [-0.39, 0.29) is 44.4 Å². The molecule has 0 saturated heterocycles. The van der Waals surface area contributed by atoms with Crippen LogP contribution in [-0.2, 0) is 4.79 Å². The second kappa shape index (κ2) is 8.84. The Labute approximate surface area is 186 Å². The lowest BCUT2D eigenvalue weighted by Gasteiger charge is -2.31. The first kappa shape index (κ1) is 21.6. The van der Waals surface area contributed by atoms with E-state index >= 15 is 0 Å². The van der Waals surface area contributed by atoms with Crippen LogP contribution in [0.15, 0.2) is 24.5 Å². The van der Waals surface area contributed by atoms with Gasteiger partial charge in [-0.1, -0.05) is 36.0 Å². The molecule has 0 spiro atoms. The van der Waals surface area contributed by atoms with Crippen LogP contribution in [0.25, 0.3) is 0 Å². The number of carbonyl (C=O) groups excluding carboxylic acids is 2. The fourth-order valence-electron chi connectivity index (χ4n) is 3.84. The average Bonchev–Trinajstić information content (AvgIpc) is 3.24. The molecule has 31 heavy (non-hydrogen) atoms. The smallest absolute Gasteiger partial charge is 0.387 e. The fraction of sp³-hybridized carbons (Fsp3) is 0.350. The number of benzene rings is 1. The van der Waals surface area contributed by atoms with Gasteiger partial charge >= 0.3 is 6.61 Å². The highest BCUT2D eigenvalue weighted by atomic mass is 35.5. The highest BCUT2D eigenvalue weighted by Gasteiger charge is 2.39. The molecule has 164 valence electrons. The van der Waals surface area contributed by atoms with Gasteiger partial charge in [0.1, 0.15) is 5.69 Å². The van der Waals surface area contributed by atoms with Crippen LogP contribution >= 0.6 is 23.2 Å². The molecule has 1 aliphatic heterocycles. The number of ether oxygens (including phenoxy) is 2. The van der Waals surface area contributed by atoms with E-state index in [0.29, 0.717) is 0 Å². The molecule has 11 heteroatoms. The van der Waals surface area contributed by atoms with Crippen molar-refractivity contribution in [3.8, 4) is 11.5 Å². The van der Waals surface area contributed by atoms with Crippen molar-refractivity contribution in [2.45, 2.75) is 38.4 Å². The van der Waals surface area contributed by atoms with Crippen LogP contribution in [-0.4, -0.2) is 29.5 Å². The Morgan fingerprint density at radius 3 is 2.55 bits per heavy atom. The van der Waals surface area contributed by atoms with E-state index in [1.165, 1.54) is 24.5 Å². The number of alkyl halides is 2. The van der Waals surface area contributed by atoms with Gasteiger partial charge < -0.3 is 20.1 Å². The first-order valence-electron chi connectivity index (χ1n) is 9.55. The third-order valence-corrected chi connectivity index (χ3v) is 5.83. The Morgan fingerprint density at radius 1 is 1.23 bits per heavy atom. The third-order valence-electron chi connectivity index (χ3n) is 5.25. The van der Waals surface area contributed by atoms with Crippen molar-refractivity contribution in [3.05, 3.63) is 40.1 Å². The Balaban J connectivity index is 1.71. The van der Waals surface area contributed by atoms with E-state index < -0.39 is 24.5 Å². The Hall–Kier alpha value is -2.65. The summed E-state index contributed by atoms with van der Waals surface area (Å²) in [5.41, 5.74) is 0.0341.